The van der Waals surface area contributed by atoms with Gasteiger partial charge in [0.1, 0.15) is 0 Å². The molecule has 0 aliphatic carbocycles. The van der Waals surface area contributed by atoms with Crippen molar-refractivity contribution in [1.82, 2.24) is 0 Å². The van der Waals surface area contributed by atoms with Crippen LogP contribution in [0.1, 0.15) is 66.9 Å². The fourth-order valence-corrected chi connectivity index (χ4v) is 6.02. The third-order valence-corrected chi connectivity index (χ3v) is 13.6. The van der Waals surface area contributed by atoms with Crippen LogP contribution in [0, 0.1) is 23.2 Å². The summed E-state index contributed by atoms with van der Waals surface area (Å²) in [4.78, 5) is 12.9. The number of hydrogen-bond acceptors (Lipinski definition) is 5. The maximum Gasteiger partial charge on any atom is 0.311 e. The molecule has 5 nitrogen and oxygen atoms in total. The number of fused-ring (bicyclic) bond motifs is 2. The summed E-state index contributed by atoms with van der Waals surface area (Å²) in [6.45, 7) is 21.6. The largest absolute Gasteiger partial charge is 0.465 e. The first kappa shape index (κ1) is 28.4. The average Bonchev–Trinajstić information content (AvgIpc) is 3.28. The lowest BCUT2D eigenvalue weighted by molar-refractivity contribution is -0.160. The third-order valence-electron chi connectivity index (χ3n) is 9.13. The highest BCUT2D eigenvalue weighted by Gasteiger charge is 2.63. The predicted octanol–water partition coefficient (Wildman–Crippen LogP) is 6.61. The topological polar surface area (TPSA) is 54.0 Å². The minimum Gasteiger partial charge on any atom is -0.465 e. The van der Waals surface area contributed by atoms with Crippen LogP contribution < -0.4 is 0 Å². The number of benzene rings is 1. The summed E-state index contributed by atoms with van der Waals surface area (Å²) in [5.74, 6) is 0.425. The molecule has 2 heterocycles. The monoisotopic (exact) mass is 504 g/mol. The zero-order chi connectivity index (χ0) is 26.1. The Morgan fingerprint density at radius 2 is 1.77 bits per heavy atom. The minimum absolute atomic E-state index is 0.0494. The maximum atomic E-state index is 12.9. The van der Waals surface area contributed by atoms with Crippen LogP contribution in [0.3, 0.4) is 0 Å². The zero-order valence-corrected chi connectivity index (χ0v) is 24.5. The van der Waals surface area contributed by atoms with Crippen molar-refractivity contribution < 1.29 is 23.4 Å². The van der Waals surface area contributed by atoms with E-state index in [1.807, 2.05) is 39.0 Å². The Morgan fingerprint density at radius 3 is 2.37 bits per heavy atom. The van der Waals surface area contributed by atoms with Gasteiger partial charge in [0.25, 0.3) is 0 Å². The molecular weight excluding hydrogens is 456 g/mol. The van der Waals surface area contributed by atoms with Crippen molar-refractivity contribution in [2.24, 2.45) is 23.2 Å². The van der Waals surface area contributed by atoms with Gasteiger partial charge in [-0.2, -0.15) is 0 Å². The van der Waals surface area contributed by atoms with Crippen LogP contribution in [0.25, 0.3) is 0 Å². The van der Waals surface area contributed by atoms with Gasteiger partial charge in [0.05, 0.1) is 43.5 Å². The van der Waals surface area contributed by atoms with Crippen LogP contribution in [0.2, 0.25) is 18.1 Å². The van der Waals surface area contributed by atoms with E-state index in [2.05, 4.69) is 52.9 Å². The molecule has 6 heteroatoms. The molecule has 0 amide bonds. The molecule has 0 N–H and O–H groups in total. The number of hydrogen-bond donors (Lipinski definition) is 0. The fraction of sp³-hybridized carbons (Fsp3) is 0.759. The van der Waals surface area contributed by atoms with Crippen LogP contribution in [0.4, 0.5) is 0 Å². The van der Waals surface area contributed by atoms with E-state index in [0.717, 1.165) is 18.4 Å². The summed E-state index contributed by atoms with van der Waals surface area (Å²) in [5.41, 5.74) is 0.222. The Morgan fingerprint density at radius 1 is 1.11 bits per heavy atom. The summed E-state index contributed by atoms with van der Waals surface area (Å²) in [5, 5.41) is 0.120. The van der Waals surface area contributed by atoms with Gasteiger partial charge < -0.3 is 18.6 Å². The van der Waals surface area contributed by atoms with Gasteiger partial charge >= 0.3 is 5.97 Å². The summed E-state index contributed by atoms with van der Waals surface area (Å²) < 4.78 is 25.7. The van der Waals surface area contributed by atoms with Gasteiger partial charge in [-0.25, -0.2) is 0 Å². The van der Waals surface area contributed by atoms with Crippen LogP contribution in [-0.2, 0) is 30.0 Å². The van der Waals surface area contributed by atoms with E-state index >= 15 is 0 Å². The molecule has 2 bridgehead atoms. The van der Waals surface area contributed by atoms with Gasteiger partial charge in [0.15, 0.2) is 8.32 Å². The highest BCUT2D eigenvalue weighted by Crippen LogP contribution is 2.55. The van der Waals surface area contributed by atoms with Crippen LogP contribution >= 0.6 is 0 Å². The molecule has 2 aliphatic heterocycles. The number of carbonyl (C=O) groups is 1. The van der Waals surface area contributed by atoms with Crippen molar-refractivity contribution in [3.63, 3.8) is 0 Å². The van der Waals surface area contributed by atoms with E-state index in [4.69, 9.17) is 18.6 Å². The van der Waals surface area contributed by atoms with Crippen LogP contribution in [0.5, 0.6) is 0 Å². The van der Waals surface area contributed by atoms with E-state index in [9.17, 15) is 4.79 Å². The molecular formula is C29H48O5Si. The van der Waals surface area contributed by atoms with Crippen molar-refractivity contribution in [2.75, 3.05) is 19.8 Å². The number of ether oxygens (including phenoxy) is 3. The molecule has 0 radical (unpaired) electrons. The van der Waals surface area contributed by atoms with Gasteiger partial charge in [-0.1, -0.05) is 65.0 Å². The summed E-state index contributed by atoms with van der Waals surface area (Å²) in [6.07, 6.45) is 1.84. The fourth-order valence-electron chi connectivity index (χ4n) is 5.00. The van der Waals surface area contributed by atoms with Crippen molar-refractivity contribution in [2.45, 2.75) is 97.8 Å². The second kappa shape index (κ2) is 10.6. The van der Waals surface area contributed by atoms with Crippen molar-refractivity contribution in [1.29, 1.82) is 0 Å². The smallest absolute Gasteiger partial charge is 0.311 e. The number of carbonyl (C=O) groups excluding carboxylic acids is 1. The first-order valence-corrected chi connectivity index (χ1v) is 16.2. The molecule has 3 rings (SSSR count). The molecule has 5 atom stereocenters. The molecule has 0 unspecified atom stereocenters. The van der Waals surface area contributed by atoms with Crippen LogP contribution in [-0.4, -0.2) is 45.8 Å². The lowest BCUT2D eigenvalue weighted by Crippen LogP contribution is -2.53. The van der Waals surface area contributed by atoms with E-state index in [0.29, 0.717) is 32.3 Å². The molecule has 0 saturated carbocycles. The number of esters is 1. The normalized spacial score (nSPS) is 28.9. The molecule has 2 saturated heterocycles. The van der Waals surface area contributed by atoms with Crippen molar-refractivity contribution >= 4 is 14.3 Å². The molecule has 0 spiro atoms. The SMILES string of the molecule is CCC(C)(C)C(=O)OC[C@H]1[C@@H](COCc2ccccc2)[C@@H]2C[C@H](C)[C@@]1(CO[Si](C)(C)C(C)(C)C)O2. The van der Waals surface area contributed by atoms with Gasteiger partial charge in [0.2, 0.25) is 0 Å². The quantitative estimate of drug-likeness (QED) is 0.251. The van der Waals surface area contributed by atoms with Crippen molar-refractivity contribution in [3.8, 4) is 0 Å². The molecule has 2 aliphatic rings. The van der Waals surface area contributed by atoms with E-state index in [-0.39, 0.29) is 28.9 Å². The lowest BCUT2D eigenvalue weighted by atomic mass is 9.67. The van der Waals surface area contributed by atoms with E-state index < -0.39 is 19.3 Å². The Labute approximate surface area is 214 Å². The molecule has 0 aromatic heterocycles. The van der Waals surface area contributed by atoms with E-state index in [1.165, 1.54) is 0 Å². The molecule has 198 valence electrons. The lowest BCUT2D eigenvalue weighted by Gasteiger charge is -2.44. The first-order valence-electron chi connectivity index (χ1n) is 13.3. The van der Waals surface area contributed by atoms with Gasteiger partial charge in [0, 0.05) is 11.8 Å². The van der Waals surface area contributed by atoms with Gasteiger partial charge in [-0.3, -0.25) is 4.79 Å². The molecule has 2 fully saturated rings. The van der Waals surface area contributed by atoms with Gasteiger partial charge in [-0.15, -0.1) is 0 Å². The van der Waals surface area contributed by atoms with Gasteiger partial charge in [-0.05, 0) is 56.3 Å². The Balaban J connectivity index is 1.78. The third kappa shape index (κ3) is 6.03. The number of rotatable bonds is 11. The Hall–Kier alpha value is -1.21. The molecule has 1 aromatic rings. The highest BCUT2D eigenvalue weighted by atomic mass is 28.4. The molecule has 1 aromatic carbocycles. The molecule has 35 heavy (non-hydrogen) atoms. The average molecular weight is 505 g/mol. The predicted molar refractivity (Wildman–Crippen MR) is 143 cm³/mol. The standard InChI is InChI=1S/C29H48O5Si/c1-10-28(6,7)26(30)32-19-24-23(18-31-17-22-14-12-11-13-15-22)25-16-21(2)29(24,34-25)20-33-35(8,9)27(3,4)5/h11-15,21,23-25H,10,16-20H2,1-9H3/t21-,23+,24-,25-,29+/m0/s1. The first-order chi connectivity index (χ1) is 16.2. The Bertz CT molecular complexity index is 846. The van der Waals surface area contributed by atoms with E-state index in [1.54, 1.807) is 0 Å². The maximum absolute atomic E-state index is 12.9. The summed E-state index contributed by atoms with van der Waals surface area (Å²) in [7, 11) is -1.97. The second-order valence-electron chi connectivity index (χ2n) is 12.9. The summed E-state index contributed by atoms with van der Waals surface area (Å²) in [6, 6.07) is 10.3. The minimum atomic E-state index is -1.97. The Kier molecular flexibility index (Phi) is 8.63. The zero-order valence-electron chi connectivity index (χ0n) is 23.5. The second-order valence-corrected chi connectivity index (χ2v) is 17.7. The van der Waals surface area contributed by atoms with Crippen LogP contribution in [0.15, 0.2) is 30.3 Å². The highest BCUT2D eigenvalue weighted by molar-refractivity contribution is 6.74. The van der Waals surface area contributed by atoms with Crippen molar-refractivity contribution in [3.05, 3.63) is 35.9 Å². The summed E-state index contributed by atoms with van der Waals surface area (Å²) >= 11 is 0.